The topological polar surface area (TPSA) is 58.4 Å². The standard InChI is InChI=1S/C15H20N4O2S/c1-4-6-19-9-16-13-12(14(19)20)10-5-7-18(8-11(10)22-13)15(21)17(2)3/h9H,4-8H2,1-3H3. The number of nitrogens with zero attached hydrogens (tertiary/aromatic N) is 4. The number of hydrogen-bond acceptors (Lipinski definition) is 4. The monoisotopic (exact) mass is 320 g/mol. The summed E-state index contributed by atoms with van der Waals surface area (Å²) >= 11 is 1.54. The number of aromatic nitrogens is 2. The predicted molar refractivity (Wildman–Crippen MR) is 87.4 cm³/mol. The van der Waals surface area contributed by atoms with Crippen LogP contribution < -0.4 is 5.56 Å². The molecule has 0 radical (unpaired) electrons. The molecule has 1 aliphatic heterocycles. The molecule has 0 N–H and O–H groups in total. The highest BCUT2D eigenvalue weighted by molar-refractivity contribution is 7.18. The van der Waals surface area contributed by atoms with Crippen molar-refractivity contribution in [2.45, 2.75) is 32.9 Å². The van der Waals surface area contributed by atoms with Crippen LogP contribution in [0.25, 0.3) is 10.2 Å². The lowest BCUT2D eigenvalue weighted by Gasteiger charge is -2.29. The number of hydrogen-bond donors (Lipinski definition) is 0. The second-order valence-corrected chi connectivity index (χ2v) is 6.86. The fourth-order valence-electron chi connectivity index (χ4n) is 2.87. The van der Waals surface area contributed by atoms with Crippen molar-refractivity contribution in [2.75, 3.05) is 20.6 Å². The van der Waals surface area contributed by atoms with Gasteiger partial charge in [0.15, 0.2) is 0 Å². The highest BCUT2D eigenvalue weighted by Gasteiger charge is 2.26. The van der Waals surface area contributed by atoms with E-state index in [9.17, 15) is 9.59 Å². The van der Waals surface area contributed by atoms with Crippen LogP contribution in [0.2, 0.25) is 0 Å². The lowest BCUT2D eigenvalue weighted by Crippen LogP contribution is -2.41. The third-order valence-corrected chi connectivity index (χ3v) is 5.07. The number of fused-ring (bicyclic) bond motifs is 3. The van der Waals surface area contributed by atoms with E-state index in [1.54, 1.807) is 29.9 Å². The Balaban J connectivity index is 2.03. The molecule has 0 aromatic carbocycles. The Kier molecular flexibility index (Phi) is 3.90. The summed E-state index contributed by atoms with van der Waals surface area (Å²) in [5.74, 6) is 0. The number of aryl methyl sites for hydroxylation is 1. The smallest absolute Gasteiger partial charge is 0.319 e. The van der Waals surface area contributed by atoms with Crippen molar-refractivity contribution >= 4 is 27.6 Å². The van der Waals surface area contributed by atoms with Crippen molar-refractivity contribution in [3.8, 4) is 0 Å². The van der Waals surface area contributed by atoms with E-state index in [0.29, 0.717) is 19.6 Å². The molecule has 0 bridgehead atoms. The van der Waals surface area contributed by atoms with Gasteiger partial charge in [0, 0.05) is 32.1 Å². The number of amides is 2. The van der Waals surface area contributed by atoms with Crippen molar-refractivity contribution < 1.29 is 4.79 Å². The number of carbonyl (C=O) groups is 1. The quantitative estimate of drug-likeness (QED) is 0.849. The fourth-order valence-corrected chi connectivity index (χ4v) is 4.06. The minimum absolute atomic E-state index is 0.0134. The molecule has 3 heterocycles. The van der Waals surface area contributed by atoms with E-state index in [-0.39, 0.29) is 11.6 Å². The van der Waals surface area contributed by atoms with Gasteiger partial charge in [-0.2, -0.15) is 0 Å². The number of urea groups is 1. The van der Waals surface area contributed by atoms with Gasteiger partial charge in [0.2, 0.25) is 0 Å². The molecule has 0 saturated carbocycles. The van der Waals surface area contributed by atoms with Crippen LogP contribution >= 0.6 is 11.3 Å². The van der Waals surface area contributed by atoms with Gasteiger partial charge in [0.05, 0.1) is 18.3 Å². The largest absolute Gasteiger partial charge is 0.331 e. The molecule has 1 aliphatic rings. The average molecular weight is 320 g/mol. The molecule has 0 spiro atoms. The molecule has 3 rings (SSSR count). The molecule has 2 amide bonds. The first-order valence-electron chi connectivity index (χ1n) is 7.48. The Morgan fingerprint density at radius 3 is 2.91 bits per heavy atom. The molecule has 0 unspecified atom stereocenters. The number of rotatable bonds is 2. The van der Waals surface area contributed by atoms with Crippen LogP contribution in [0, 0.1) is 0 Å². The zero-order chi connectivity index (χ0) is 15.9. The van der Waals surface area contributed by atoms with E-state index >= 15 is 0 Å². The predicted octanol–water partition coefficient (Wildman–Crippen LogP) is 1.91. The third-order valence-electron chi connectivity index (χ3n) is 3.94. The number of thiophene rings is 1. The molecule has 0 fully saturated rings. The van der Waals surface area contributed by atoms with Crippen LogP contribution in [0.4, 0.5) is 4.79 Å². The van der Waals surface area contributed by atoms with Gasteiger partial charge in [0.1, 0.15) is 4.83 Å². The van der Waals surface area contributed by atoms with Crippen molar-refractivity contribution in [1.29, 1.82) is 0 Å². The second kappa shape index (κ2) is 5.72. The summed E-state index contributed by atoms with van der Waals surface area (Å²) in [4.78, 5) is 34.5. The lowest BCUT2D eigenvalue weighted by molar-refractivity contribution is 0.166. The summed E-state index contributed by atoms with van der Waals surface area (Å²) < 4.78 is 1.69. The Hall–Kier alpha value is -1.89. The van der Waals surface area contributed by atoms with E-state index in [1.807, 2.05) is 11.8 Å². The first-order valence-corrected chi connectivity index (χ1v) is 8.30. The molecule has 7 heteroatoms. The van der Waals surface area contributed by atoms with Gasteiger partial charge in [0.25, 0.3) is 5.56 Å². The fraction of sp³-hybridized carbons (Fsp3) is 0.533. The Morgan fingerprint density at radius 1 is 1.45 bits per heavy atom. The summed E-state index contributed by atoms with van der Waals surface area (Å²) in [6.45, 7) is 3.96. The van der Waals surface area contributed by atoms with Crippen molar-refractivity contribution in [2.24, 2.45) is 0 Å². The maximum absolute atomic E-state index is 12.6. The Morgan fingerprint density at radius 2 is 2.23 bits per heavy atom. The summed E-state index contributed by atoms with van der Waals surface area (Å²) in [5, 5.41) is 0.757. The molecule has 6 nitrogen and oxygen atoms in total. The maximum Gasteiger partial charge on any atom is 0.319 e. The zero-order valence-corrected chi connectivity index (χ0v) is 13.9. The highest BCUT2D eigenvalue weighted by Crippen LogP contribution is 2.32. The van der Waals surface area contributed by atoms with Crippen LogP contribution in [0.3, 0.4) is 0 Å². The summed E-state index contributed by atoms with van der Waals surface area (Å²) in [6, 6.07) is 0.0134. The normalized spacial score (nSPS) is 14.2. The van der Waals surface area contributed by atoms with Gasteiger partial charge in [-0.15, -0.1) is 11.3 Å². The summed E-state index contributed by atoms with van der Waals surface area (Å²) in [6.07, 6.45) is 3.27. The molecular formula is C15H20N4O2S. The van der Waals surface area contributed by atoms with Gasteiger partial charge in [-0.1, -0.05) is 6.92 Å². The highest BCUT2D eigenvalue weighted by atomic mass is 32.1. The minimum atomic E-state index is 0.0134. The average Bonchev–Trinajstić information content (AvgIpc) is 2.87. The molecule has 22 heavy (non-hydrogen) atoms. The van der Waals surface area contributed by atoms with Gasteiger partial charge in [-0.25, -0.2) is 9.78 Å². The third kappa shape index (κ3) is 2.39. The molecule has 0 saturated heterocycles. The summed E-state index contributed by atoms with van der Waals surface area (Å²) in [7, 11) is 3.52. The van der Waals surface area contributed by atoms with Crippen molar-refractivity contribution in [3.05, 3.63) is 27.1 Å². The van der Waals surface area contributed by atoms with Crippen LogP contribution in [0.15, 0.2) is 11.1 Å². The van der Waals surface area contributed by atoms with Crippen molar-refractivity contribution in [1.82, 2.24) is 19.4 Å². The van der Waals surface area contributed by atoms with Crippen LogP contribution in [0.1, 0.15) is 23.8 Å². The molecule has 0 aliphatic carbocycles. The number of carbonyl (C=O) groups excluding carboxylic acids is 1. The van der Waals surface area contributed by atoms with Gasteiger partial charge >= 0.3 is 6.03 Å². The van der Waals surface area contributed by atoms with Gasteiger partial charge < -0.3 is 9.80 Å². The maximum atomic E-state index is 12.6. The first-order chi connectivity index (χ1) is 10.5. The van der Waals surface area contributed by atoms with Gasteiger partial charge in [-0.05, 0) is 18.4 Å². The second-order valence-electron chi connectivity index (χ2n) is 5.78. The zero-order valence-electron chi connectivity index (χ0n) is 13.1. The Bertz CT molecular complexity index is 778. The van der Waals surface area contributed by atoms with E-state index in [4.69, 9.17) is 0 Å². The van der Waals surface area contributed by atoms with Crippen LogP contribution in [0.5, 0.6) is 0 Å². The molecule has 0 atom stereocenters. The molecule has 118 valence electrons. The van der Waals surface area contributed by atoms with E-state index in [1.165, 1.54) is 11.3 Å². The van der Waals surface area contributed by atoms with Crippen LogP contribution in [-0.2, 0) is 19.5 Å². The molecule has 2 aromatic heterocycles. The van der Waals surface area contributed by atoms with E-state index in [2.05, 4.69) is 4.98 Å². The van der Waals surface area contributed by atoms with E-state index in [0.717, 1.165) is 33.5 Å². The summed E-state index contributed by atoms with van der Waals surface area (Å²) in [5.41, 5.74) is 1.14. The minimum Gasteiger partial charge on any atom is -0.331 e. The lowest BCUT2D eigenvalue weighted by atomic mass is 10.1. The first kappa shape index (κ1) is 15.0. The molecule has 2 aromatic rings. The van der Waals surface area contributed by atoms with Gasteiger partial charge in [-0.3, -0.25) is 9.36 Å². The Labute approximate surface area is 133 Å². The van der Waals surface area contributed by atoms with Crippen molar-refractivity contribution in [3.63, 3.8) is 0 Å². The van der Waals surface area contributed by atoms with Crippen LogP contribution in [-0.4, -0.2) is 46.0 Å². The SMILES string of the molecule is CCCn1cnc2sc3c(c2c1=O)CCN(C(=O)N(C)C)C3. The van der Waals surface area contributed by atoms with E-state index < -0.39 is 0 Å². The molecular weight excluding hydrogens is 300 g/mol.